The lowest BCUT2D eigenvalue weighted by Gasteiger charge is -2.36. The molecule has 0 aromatic heterocycles. The minimum absolute atomic E-state index is 0.113. The van der Waals surface area contributed by atoms with E-state index in [-0.39, 0.29) is 22.3 Å². The van der Waals surface area contributed by atoms with Crippen LogP contribution in [0.4, 0.5) is 17.1 Å². The standard InChI is InChI=1S/C47H47ClN6O6S4/c1-32(2)28-43(45(55)50-64(59,60)39-20-21-41(42(30-39)54(57)58)49-22-27-62-38-9-4-3-5-10-38)53-46(56)44(63-47(53)61)29-33-12-18-37(19-13-33)52-25-23-51(24-26-52)31-35-8-6-7-11-40(35)34-14-16-36(48)17-15-34/h3-21,29-30,32,43,49H,22-28,31H2,1-2H3,(H,50,55)/b44-29-/t43-/m0/s1. The third-order valence-electron chi connectivity index (χ3n) is 10.8. The summed E-state index contributed by atoms with van der Waals surface area (Å²) >= 11 is 14.4. The van der Waals surface area contributed by atoms with Gasteiger partial charge in [0.05, 0.1) is 14.7 Å². The van der Waals surface area contributed by atoms with Gasteiger partial charge in [-0.15, -0.1) is 11.8 Å². The maximum atomic E-state index is 13.9. The Bertz CT molecular complexity index is 2640. The smallest absolute Gasteiger partial charge is 0.293 e. The quantitative estimate of drug-likeness (QED) is 0.0229. The van der Waals surface area contributed by atoms with E-state index in [0.717, 1.165) is 72.3 Å². The highest BCUT2D eigenvalue weighted by Gasteiger charge is 2.42. The minimum atomic E-state index is -4.59. The van der Waals surface area contributed by atoms with Crippen LogP contribution in [-0.4, -0.2) is 83.8 Å². The van der Waals surface area contributed by atoms with Crippen LogP contribution in [-0.2, 0) is 26.2 Å². The van der Waals surface area contributed by atoms with E-state index < -0.39 is 43.4 Å². The summed E-state index contributed by atoms with van der Waals surface area (Å²) < 4.78 is 29.4. The number of sulfonamides is 1. The Morgan fingerprint density at radius 2 is 1.62 bits per heavy atom. The van der Waals surface area contributed by atoms with Crippen molar-refractivity contribution >= 4 is 96.6 Å². The molecule has 2 saturated heterocycles. The Morgan fingerprint density at radius 3 is 2.31 bits per heavy atom. The molecule has 0 unspecified atom stereocenters. The first-order valence-electron chi connectivity index (χ1n) is 20.7. The van der Waals surface area contributed by atoms with Crippen LogP contribution in [0.25, 0.3) is 17.2 Å². The molecule has 0 spiro atoms. The number of thiocarbonyl (C=S) groups is 1. The van der Waals surface area contributed by atoms with Gasteiger partial charge in [0, 0.05) is 66.7 Å². The molecule has 332 valence electrons. The van der Waals surface area contributed by atoms with E-state index in [1.54, 1.807) is 17.8 Å². The van der Waals surface area contributed by atoms with Gasteiger partial charge in [0.25, 0.3) is 27.5 Å². The molecule has 2 aliphatic rings. The van der Waals surface area contributed by atoms with Crippen LogP contribution >= 0.6 is 47.3 Å². The molecule has 12 nitrogen and oxygen atoms in total. The topological polar surface area (TPSA) is 145 Å². The van der Waals surface area contributed by atoms with E-state index in [0.29, 0.717) is 22.2 Å². The van der Waals surface area contributed by atoms with Crippen molar-refractivity contribution in [1.82, 2.24) is 14.5 Å². The van der Waals surface area contributed by atoms with Crippen molar-refractivity contribution in [1.29, 1.82) is 0 Å². The zero-order valence-corrected chi connectivity index (χ0v) is 39.2. The van der Waals surface area contributed by atoms with Crippen LogP contribution in [0.3, 0.4) is 0 Å². The molecule has 17 heteroatoms. The van der Waals surface area contributed by atoms with Gasteiger partial charge in [0.15, 0.2) is 0 Å². The summed E-state index contributed by atoms with van der Waals surface area (Å²) in [6.45, 7) is 8.40. The number of rotatable bonds is 17. The van der Waals surface area contributed by atoms with Gasteiger partial charge < -0.3 is 10.2 Å². The number of halogens is 1. The van der Waals surface area contributed by atoms with Gasteiger partial charge in [-0.3, -0.25) is 29.5 Å². The van der Waals surface area contributed by atoms with Crippen molar-refractivity contribution in [2.75, 3.05) is 48.7 Å². The van der Waals surface area contributed by atoms with Crippen molar-refractivity contribution in [3.05, 3.63) is 152 Å². The lowest BCUT2D eigenvalue weighted by Crippen LogP contribution is -2.50. The second kappa shape index (κ2) is 21.2. The predicted octanol–water partition coefficient (Wildman–Crippen LogP) is 9.56. The van der Waals surface area contributed by atoms with Gasteiger partial charge in [-0.1, -0.05) is 116 Å². The van der Waals surface area contributed by atoms with Gasteiger partial charge in [0.1, 0.15) is 16.0 Å². The van der Waals surface area contributed by atoms with E-state index in [1.807, 2.05) is 80.6 Å². The van der Waals surface area contributed by atoms with Gasteiger partial charge in [0.2, 0.25) is 0 Å². The fourth-order valence-electron chi connectivity index (χ4n) is 7.54. The van der Waals surface area contributed by atoms with E-state index in [9.17, 15) is 28.1 Å². The van der Waals surface area contributed by atoms with Gasteiger partial charge in [-0.25, -0.2) is 13.1 Å². The van der Waals surface area contributed by atoms with Crippen LogP contribution in [0.2, 0.25) is 5.02 Å². The number of carbonyl (C=O) groups excluding carboxylic acids is 2. The number of piperazine rings is 1. The number of nitro groups is 1. The van der Waals surface area contributed by atoms with Crippen molar-refractivity contribution in [3.63, 3.8) is 0 Å². The monoisotopic (exact) mass is 954 g/mol. The molecule has 0 saturated carbocycles. The number of hydrogen-bond acceptors (Lipinski definition) is 12. The Hall–Kier alpha value is -5.23. The molecule has 5 aromatic carbocycles. The van der Waals surface area contributed by atoms with Crippen molar-refractivity contribution < 1.29 is 22.9 Å². The molecular formula is C47H47ClN6O6S4. The number of nitrogens with zero attached hydrogens (tertiary/aromatic N) is 4. The fourth-order valence-corrected chi connectivity index (χ4v) is 10.8. The lowest BCUT2D eigenvalue weighted by atomic mass is 9.99. The Labute approximate surface area is 392 Å². The summed E-state index contributed by atoms with van der Waals surface area (Å²) in [7, 11) is -4.59. The molecule has 64 heavy (non-hydrogen) atoms. The summed E-state index contributed by atoms with van der Waals surface area (Å²) in [6.07, 6.45) is 1.83. The first-order chi connectivity index (χ1) is 30.8. The normalized spacial score (nSPS) is 15.8. The van der Waals surface area contributed by atoms with E-state index >= 15 is 0 Å². The van der Waals surface area contributed by atoms with Crippen LogP contribution in [0.15, 0.2) is 136 Å². The third kappa shape index (κ3) is 11.7. The number of amides is 2. The molecule has 2 N–H and O–H groups in total. The summed E-state index contributed by atoms with van der Waals surface area (Å²) in [6, 6.07) is 36.2. The number of anilines is 2. The lowest BCUT2D eigenvalue weighted by molar-refractivity contribution is -0.384. The molecule has 1 atom stereocenters. The average molecular weight is 956 g/mol. The van der Waals surface area contributed by atoms with Crippen molar-refractivity contribution in [3.8, 4) is 11.1 Å². The highest BCUT2D eigenvalue weighted by Crippen LogP contribution is 2.36. The first kappa shape index (κ1) is 46.8. The Balaban J connectivity index is 0.968. The van der Waals surface area contributed by atoms with Crippen LogP contribution < -0.4 is 14.9 Å². The molecular weight excluding hydrogens is 908 g/mol. The molecule has 0 radical (unpaired) electrons. The maximum absolute atomic E-state index is 13.9. The fraction of sp³-hybridized carbons (Fsp3) is 0.255. The number of nitrogens with one attached hydrogen (secondary N) is 2. The Kier molecular flexibility index (Phi) is 15.5. The number of thioether (sulfide) groups is 2. The molecule has 2 fully saturated rings. The second-order valence-corrected chi connectivity index (χ2v) is 20.7. The van der Waals surface area contributed by atoms with Crippen LogP contribution in [0, 0.1) is 16.0 Å². The van der Waals surface area contributed by atoms with E-state index in [4.69, 9.17) is 23.8 Å². The van der Waals surface area contributed by atoms with Crippen molar-refractivity contribution in [2.24, 2.45) is 5.92 Å². The number of carbonyl (C=O) groups is 2. The first-order valence-corrected chi connectivity index (χ1v) is 24.8. The highest BCUT2D eigenvalue weighted by molar-refractivity contribution is 8.26. The second-order valence-electron chi connectivity index (χ2n) is 15.7. The van der Waals surface area contributed by atoms with E-state index in [1.165, 1.54) is 28.2 Å². The average Bonchev–Trinajstić information content (AvgIpc) is 3.56. The molecule has 2 heterocycles. The molecule has 7 rings (SSSR count). The zero-order valence-electron chi connectivity index (χ0n) is 35.2. The predicted molar refractivity (Wildman–Crippen MR) is 263 cm³/mol. The van der Waals surface area contributed by atoms with Gasteiger partial charge in [-0.05, 0) is 89.2 Å². The van der Waals surface area contributed by atoms with Crippen LogP contribution in [0.1, 0.15) is 31.4 Å². The molecule has 0 aliphatic carbocycles. The maximum Gasteiger partial charge on any atom is 0.293 e. The molecule has 2 amide bonds. The van der Waals surface area contributed by atoms with Gasteiger partial charge >= 0.3 is 0 Å². The number of benzene rings is 5. The van der Waals surface area contributed by atoms with Gasteiger partial charge in [-0.2, -0.15) is 0 Å². The molecule has 0 bridgehead atoms. The third-order valence-corrected chi connectivity index (χ3v) is 14.7. The number of hydrogen-bond donors (Lipinski definition) is 2. The largest absolute Gasteiger partial charge is 0.379 e. The summed E-state index contributed by atoms with van der Waals surface area (Å²) in [5.41, 5.74) is 5.12. The van der Waals surface area contributed by atoms with Crippen LogP contribution in [0.5, 0.6) is 0 Å². The summed E-state index contributed by atoms with van der Waals surface area (Å²) in [4.78, 5) is 46.0. The van der Waals surface area contributed by atoms with Crippen molar-refractivity contribution in [2.45, 2.75) is 42.6 Å². The Morgan fingerprint density at radius 1 is 0.938 bits per heavy atom. The number of nitro benzene ring substituents is 1. The minimum Gasteiger partial charge on any atom is -0.379 e. The molecule has 2 aliphatic heterocycles. The SMILES string of the molecule is CC(C)C[C@@H](C(=O)NS(=O)(=O)c1ccc(NCCSc2ccccc2)c([N+](=O)[O-])c1)N1C(=O)/C(=C/c2ccc(N3CCN(Cc4ccccc4-c4ccc(Cl)cc4)CC3)cc2)SC1=S. The van der Waals surface area contributed by atoms with E-state index in [2.05, 4.69) is 56.2 Å². The zero-order chi connectivity index (χ0) is 45.4. The summed E-state index contributed by atoms with van der Waals surface area (Å²) in [5.74, 6) is -0.999. The highest BCUT2D eigenvalue weighted by atomic mass is 35.5. The molecule has 5 aromatic rings. The summed E-state index contributed by atoms with van der Waals surface area (Å²) in [5, 5.41) is 15.7.